The largest absolute Gasteiger partial charge is 0.478 e. The molecule has 0 saturated carbocycles. The van der Waals surface area contributed by atoms with Crippen LogP contribution in [0.3, 0.4) is 0 Å². The van der Waals surface area contributed by atoms with E-state index in [0.717, 1.165) is 25.0 Å². The third-order valence-corrected chi connectivity index (χ3v) is 2.94. The highest BCUT2D eigenvalue weighted by molar-refractivity contribution is 5.90. The fraction of sp³-hybridized carbons (Fsp3) is 0.364. The minimum absolute atomic E-state index is 0.153. The Hall–Kier alpha value is -2.18. The minimum Gasteiger partial charge on any atom is -0.478 e. The van der Waals surface area contributed by atoms with E-state index in [1.165, 1.54) is 0 Å². The second-order valence-corrected chi connectivity index (χ2v) is 4.08. The molecule has 1 aliphatic heterocycles. The van der Waals surface area contributed by atoms with Crippen LogP contribution >= 0.6 is 0 Å². The predicted octanol–water partition coefficient (Wildman–Crippen LogP) is 2.03. The van der Waals surface area contributed by atoms with Crippen molar-refractivity contribution >= 4 is 17.3 Å². The number of hydrogen-bond donors (Lipinski definition) is 1. The van der Waals surface area contributed by atoms with Crippen molar-refractivity contribution in [3.8, 4) is 0 Å². The van der Waals surface area contributed by atoms with Crippen molar-refractivity contribution in [3.05, 3.63) is 33.6 Å². The highest BCUT2D eigenvalue weighted by Crippen LogP contribution is 2.33. The van der Waals surface area contributed by atoms with Gasteiger partial charge in [0.1, 0.15) is 17.1 Å². The van der Waals surface area contributed by atoms with Crippen LogP contribution in [0.5, 0.6) is 0 Å². The Morgan fingerprint density at radius 1 is 1.39 bits per heavy atom. The standard InChI is InChI=1S/C11H11FN2O4/c12-8-6-9(13-3-1-2-4-13)10(14(17)18)5-7(8)11(15)16/h5-6H,1-4H2,(H,15,16). The zero-order valence-electron chi connectivity index (χ0n) is 9.43. The predicted molar refractivity (Wildman–Crippen MR) is 61.5 cm³/mol. The zero-order valence-corrected chi connectivity index (χ0v) is 9.43. The van der Waals surface area contributed by atoms with Crippen LogP contribution in [0, 0.1) is 15.9 Å². The lowest BCUT2D eigenvalue weighted by Crippen LogP contribution is -2.19. The van der Waals surface area contributed by atoms with Gasteiger partial charge in [0.25, 0.3) is 5.69 Å². The Labute approximate surface area is 102 Å². The lowest BCUT2D eigenvalue weighted by molar-refractivity contribution is -0.384. The smallest absolute Gasteiger partial charge is 0.338 e. The number of halogens is 1. The summed E-state index contributed by atoms with van der Waals surface area (Å²) in [5.74, 6) is -2.46. The van der Waals surface area contributed by atoms with E-state index in [2.05, 4.69) is 0 Å². The number of benzene rings is 1. The SMILES string of the molecule is O=C(O)c1cc([N+](=O)[O-])c(N2CCCC2)cc1F. The number of anilines is 1. The Balaban J connectivity index is 2.54. The molecule has 1 heterocycles. The quantitative estimate of drug-likeness (QED) is 0.659. The van der Waals surface area contributed by atoms with Crippen molar-refractivity contribution in [1.29, 1.82) is 0 Å². The number of rotatable bonds is 3. The highest BCUT2D eigenvalue weighted by Gasteiger charge is 2.26. The van der Waals surface area contributed by atoms with Gasteiger partial charge < -0.3 is 10.0 Å². The molecule has 1 aromatic rings. The summed E-state index contributed by atoms with van der Waals surface area (Å²) >= 11 is 0. The summed E-state index contributed by atoms with van der Waals surface area (Å²) in [6.07, 6.45) is 1.78. The molecule has 1 N–H and O–H groups in total. The van der Waals surface area contributed by atoms with E-state index in [1.54, 1.807) is 4.90 Å². The first-order valence-corrected chi connectivity index (χ1v) is 5.47. The lowest BCUT2D eigenvalue weighted by Gasteiger charge is -2.17. The van der Waals surface area contributed by atoms with Gasteiger partial charge in [-0.15, -0.1) is 0 Å². The Bertz CT molecular complexity index is 512. The molecule has 7 heteroatoms. The van der Waals surface area contributed by atoms with Crippen molar-refractivity contribution in [2.45, 2.75) is 12.8 Å². The third-order valence-electron chi connectivity index (χ3n) is 2.94. The van der Waals surface area contributed by atoms with Crippen molar-refractivity contribution < 1.29 is 19.2 Å². The van der Waals surface area contributed by atoms with Crippen molar-refractivity contribution in [2.24, 2.45) is 0 Å². The first-order chi connectivity index (χ1) is 8.50. The topological polar surface area (TPSA) is 83.7 Å². The van der Waals surface area contributed by atoms with Gasteiger partial charge in [-0.05, 0) is 12.8 Å². The van der Waals surface area contributed by atoms with Crippen molar-refractivity contribution in [2.75, 3.05) is 18.0 Å². The molecule has 1 fully saturated rings. The van der Waals surface area contributed by atoms with E-state index in [4.69, 9.17) is 5.11 Å². The average molecular weight is 254 g/mol. The summed E-state index contributed by atoms with van der Waals surface area (Å²) in [5, 5.41) is 19.7. The van der Waals surface area contributed by atoms with Gasteiger partial charge in [-0.25, -0.2) is 9.18 Å². The molecule has 6 nitrogen and oxygen atoms in total. The Morgan fingerprint density at radius 2 is 2.00 bits per heavy atom. The second-order valence-electron chi connectivity index (χ2n) is 4.08. The summed E-state index contributed by atoms with van der Waals surface area (Å²) in [4.78, 5) is 22.7. The average Bonchev–Trinajstić information content (AvgIpc) is 2.80. The van der Waals surface area contributed by atoms with E-state index in [-0.39, 0.29) is 11.4 Å². The summed E-state index contributed by atoms with van der Waals surface area (Å²) < 4.78 is 13.6. The molecule has 0 atom stereocenters. The molecule has 18 heavy (non-hydrogen) atoms. The minimum atomic E-state index is -1.51. The van der Waals surface area contributed by atoms with Gasteiger partial charge in [-0.1, -0.05) is 0 Å². The van der Waals surface area contributed by atoms with Crippen LogP contribution in [0.1, 0.15) is 23.2 Å². The van der Waals surface area contributed by atoms with Gasteiger partial charge in [-0.3, -0.25) is 10.1 Å². The molecule has 0 aliphatic carbocycles. The number of nitro benzene ring substituents is 1. The van der Waals surface area contributed by atoms with E-state index in [9.17, 15) is 19.3 Å². The van der Waals surface area contributed by atoms with Crippen LogP contribution in [0.25, 0.3) is 0 Å². The number of nitrogens with zero attached hydrogens (tertiary/aromatic N) is 2. The number of carboxylic acid groups (broad SMARTS) is 1. The highest BCUT2D eigenvalue weighted by atomic mass is 19.1. The summed E-state index contributed by atoms with van der Waals surface area (Å²) in [6, 6.07) is 1.72. The molecule has 0 spiro atoms. The number of aromatic carboxylic acids is 1. The summed E-state index contributed by atoms with van der Waals surface area (Å²) in [7, 11) is 0. The normalized spacial score (nSPS) is 14.8. The summed E-state index contributed by atoms with van der Waals surface area (Å²) in [6.45, 7) is 1.24. The van der Waals surface area contributed by atoms with Gasteiger partial charge in [-0.2, -0.15) is 0 Å². The zero-order chi connectivity index (χ0) is 13.3. The third kappa shape index (κ3) is 2.11. The molecule has 0 amide bonds. The number of nitro groups is 1. The maximum Gasteiger partial charge on any atom is 0.338 e. The molecule has 0 bridgehead atoms. The maximum atomic E-state index is 13.6. The first-order valence-electron chi connectivity index (χ1n) is 5.47. The van der Waals surface area contributed by atoms with Gasteiger partial charge in [0.15, 0.2) is 0 Å². The van der Waals surface area contributed by atoms with Crippen molar-refractivity contribution in [3.63, 3.8) is 0 Å². The monoisotopic (exact) mass is 254 g/mol. The fourth-order valence-corrected chi connectivity index (χ4v) is 2.07. The number of carboxylic acids is 1. The van der Waals surface area contributed by atoms with Crippen LogP contribution in [-0.2, 0) is 0 Å². The van der Waals surface area contributed by atoms with E-state index in [0.29, 0.717) is 13.1 Å². The van der Waals surface area contributed by atoms with Gasteiger partial charge in [0, 0.05) is 25.2 Å². The lowest BCUT2D eigenvalue weighted by atomic mass is 10.1. The molecule has 96 valence electrons. The van der Waals surface area contributed by atoms with Crippen molar-refractivity contribution in [1.82, 2.24) is 0 Å². The van der Waals surface area contributed by atoms with Crippen LogP contribution in [0.4, 0.5) is 15.8 Å². The van der Waals surface area contributed by atoms with E-state index >= 15 is 0 Å². The molecule has 0 unspecified atom stereocenters. The molecule has 1 saturated heterocycles. The fourth-order valence-electron chi connectivity index (χ4n) is 2.07. The van der Waals surface area contributed by atoms with E-state index in [1.807, 2.05) is 0 Å². The maximum absolute atomic E-state index is 13.6. The van der Waals surface area contributed by atoms with Gasteiger partial charge in [0.2, 0.25) is 0 Å². The molecular weight excluding hydrogens is 243 g/mol. The Kier molecular flexibility index (Phi) is 3.14. The second kappa shape index (κ2) is 4.59. The molecule has 1 aromatic carbocycles. The Morgan fingerprint density at radius 3 is 2.50 bits per heavy atom. The number of carbonyl (C=O) groups is 1. The molecule has 0 aromatic heterocycles. The van der Waals surface area contributed by atoms with Crippen LogP contribution in [0.15, 0.2) is 12.1 Å². The van der Waals surface area contributed by atoms with Crippen LogP contribution < -0.4 is 4.90 Å². The van der Waals surface area contributed by atoms with Crippen LogP contribution in [-0.4, -0.2) is 29.1 Å². The van der Waals surface area contributed by atoms with Gasteiger partial charge in [0.05, 0.1) is 4.92 Å². The molecular formula is C11H11FN2O4. The number of hydrogen-bond acceptors (Lipinski definition) is 4. The summed E-state index contributed by atoms with van der Waals surface area (Å²) in [5.41, 5.74) is -0.889. The molecule has 2 rings (SSSR count). The molecule has 0 radical (unpaired) electrons. The first kappa shape index (κ1) is 12.3. The molecule has 1 aliphatic rings. The van der Waals surface area contributed by atoms with E-state index < -0.39 is 22.3 Å². The van der Waals surface area contributed by atoms with Gasteiger partial charge >= 0.3 is 5.97 Å². The van der Waals surface area contributed by atoms with Crippen LogP contribution in [0.2, 0.25) is 0 Å².